The minimum absolute atomic E-state index is 0.200. The average molecular weight is 240 g/mol. The van der Waals surface area contributed by atoms with Gasteiger partial charge in [0, 0.05) is 12.0 Å². The molecule has 1 aliphatic rings. The lowest BCUT2D eigenvalue weighted by Gasteiger charge is -2.21. The third-order valence-corrected chi connectivity index (χ3v) is 3.84. The summed E-state index contributed by atoms with van der Waals surface area (Å²) >= 11 is 0. The van der Waals surface area contributed by atoms with Crippen LogP contribution in [-0.4, -0.2) is 0 Å². The summed E-state index contributed by atoms with van der Waals surface area (Å²) in [5.74, 6) is 7.64. The Hall–Kier alpha value is -1.22. The lowest BCUT2D eigenvalue weighted by molar-refractivity contribution is 0.589. The Morgan fingerprint density at radius 3 is 2.39 bits per heavy atom. The van der Waals surface area contributed by atoms with Crippen molar-refractivity contribution in [2.45, 2.75) is 59.3 Å². The Bertz CT molecular complexity index is 499. The fourth-order valence-corrected chi connectivity index (χ4v) is 2.03. The van der Waals surface area contributed by atoms with E-state index in [1.807, 2.05) is 0 Å². The number of aryl methyl sites for hydroxylation is 1. The maximum absolute atomic E-state index is 3.39. The van der Waals surface area contributed by atoms with Crippen LogP contribution in [0.3, 0.4) is 0 Å². The van der Waals surface area contributed by atoms with Crippen molar-refractivity contribution >= 4 is 0 Å². The molecule has 0 saturated heterocycles. The van der Waals surface area contributed by atoms with Gasteiger partial charge in [-0.05, 0) is 60.8 Å². The zero-order valence-electron chi connectivity index (χ0n) is 12.4. The summed E-state index contributed by atoms with van der Waals surface area (Å²) in [6.07, 6.45) is 3.85. The monoisotopic (exact) mass is 240 g/mol. The molecule has 0 heteroatoms. The van der Waals surface area contributed by atoms with Gasteiger partial charge in [-0.3, -0.25) is 0 Å². The van der Waals surface area contributed by atoms with E-state index >= 15 is 0 Å². The van der Waals surface area contributed by atoms with E-state index < -0.39 is 0 Å². The smallest absolute Gasteiger partial charge is 0.0280 e. The molecule has 0 heterocycles. The van der Waals surface area contributed by atoms with Gasteiger partial charge in [-0.2, -0.15) is 0 Å². The predicted octanol–water partition coefficient (Wildman–Crippen LogP) is 4.75. The van der Waals surface area contributed by atoms with Crippen LogP contribution in [0.1, 0.15) is 62.3 Å². The van der Waals surface area contributed by atoms with Crippen molar-refractivity contribution < 1.29 is 0 Å². The Balaban J connectivity index is 2.31. The molecule has 0 spiro atoms. The lowest BCUT2D eigenvalue weighted by atomic mass is 9.84. The van der Waals surface area contributed by atoms with E-state index in [-0.39, 0.29) is 5.41 Å². The number of benzene rings is 1. The van der Waals surface area contributed by atoms with Crippen LogP contribution in [0.15, 0.2) is 12.1 Å². The molecule has 0 N–H and O–H groups in total. The van der Waals surface area contributed by atoms with E-state index in [1.54, 1.807) is 0 Å². The summed E-state index contributed by atoms with van der Waals surface area (Å²) in [6.45, 7) is 11.2. The average Bonchev–Trinajstić information content (AvgIpc) is 3.06. The Kier molecular flexibility index (Phi) is 3.53. The van der Waals surface area contributed by atoms with Crippen LogP contribution in [-0.2, 0) is 5.41 Å². The minimum atomic E-state index is 0.200. The fourth-order valence-electron chi connectivity index (χ4n) is 2.03. The van der Waals surface area contributed by atoms with Gasteiger partial charge < -0.3 is 0 Å². The Morgan fingerprint density at radius 2 is 1.83 bits per heavy atom. The second-order valence-corrected chi connectivity index (χ2v) is 6.66. The zero-order chi connectivity index (χ0) is 13.3. The second kappa shape index (κ2) is 4.81. The molecule has 1 aliphatic carbocycles. The molecule has 0 aromatic heterocycles. The fraction of sp³-hybridized carbons (Fsp3) is 0.556. The molecule has 1 aromatic rings. The Morgan fingerprint density at radius 1 is 1.17 bits per heavy atom. The molecule has 0 atom stereocenters. The van der Waals surface area contributed by atoms with Crippen molar-refractivity contribution in [3.05, 3.63) is 34.4 Å². The van der Waals surface area contributed by atoms with Crippen molar-refractivity contribution in [2.75, 3.05) is 0 Å². The quantitative estimate of drug-likeness (QED) is 0.621. The van der Waals surface area contributed by atoms with Gasteiger partial charge in [-0.1, -0.05) is 38.7 Å². The molecular formula is C18H24. The van der Waals surface area contributed by atoms with E-state index in [1.165, 1.54) is 35.1 Å². The summed E-state index contributed by atoms with van der Waals surface area (Å²) < 4.78 is 0. The first-order valence-electron chi connectivity index (χ1n) is 6.98. The molecule has 0 unspecified atom stereocenters. The molecule has 0 radical (unpaired) electrons. The second-order valence-electron chi connectivity index (χ2n) is 6.66. The van der Waals surface area contributed by atoms with Crippen molar-refractivity contribution in [3.63, 3.8) is 0 Å². The van der Waals surface area contributed by atoms with Gasteiger partial charge in [-0.15, -0.1) is 0 Å². The van der Waals surface area contributed by atoms with E-state index in [2.05, 4.69) is 58.6 Å². The van der Waals surface area contributed by atoms with Gasteiger partial charge in [0.15, 0.2) is 0 Å². The lowest BCUT2D eigenvalue weighted by Crippen LogP contribution is -2.12. The first-order chi connectivity index (χ1) is 8.38. The molecule has 1 saturated carbocycles. The molecule has 0 bridgehead atoms. The third-order valence-electron chi connectivity index (χ3n) is 3.84. The molecule has 18 heavy (non-hydrogen) atoms. The summed E-state index contributed by atoms with van der Waals surface area (Å²) in [7, 11) is 0. The predicted molar refractivity (Wildman–Crippen MR) is 78.8 cm³/mol. The molecule has 0 amide bonds. The van der Waals surface area contributed by atoms with E-state index in [0.29, 0.717) is 0 Å². The van der Waals surface area contributed by atoms with Crippen LogP contribution >= 0.6 is 0 Å². The molecular weight excluding hydrogens is 216 g/mol. The number of hydrogen-bond donors (Lipinski definition) is 0. The zero-order valence-corrected chi connectivity index (χ0v) is 12.4. The summed E-state index contributed by atoms with van der Waals surface area (Å²) in [6, 6.07) is 4.59. The maximum Gasteiger partial charge on any atom is 0.0280 e. The highest BCUT2D eigenvalue weighted by Crippen LogP contribution is 2.32. The van der Waals surface area contributed by atoms with Crippen molar-refractivity contribution in [2.24, 2.45) is 5.92 Å². The highest BCUT2D eigenvalue weighted by atomic mass is 14.2. The molecule has 96 valence electrons. The topological polar surface area (TPSA) is 0 Å². The summed E-state index contributed by atoms with van der Waals surface area (Å²) in [5, 5.41) is 0. The molecule has 0 nitrogen and oxygen atoms in total. The first-order valence-corrected chi connectivity index (χ1v) is 6.98. The molecule has 1 fully saturated rings. The van der Waals surface area contributed by atoms with Gasteiger partial charge in [0.2, 0.25) is 0 Å². The first kappa shape index (κ1) is 13.2. The van der Waals surface area contributed by atoms with Crippen LogP contribution in [0.25, 0.3) is 0 Å². The SMILES string of the molecule is Cc1cc(C(C)(C)C)cc(C#CCC2CC2)c1C. The van der Waals surface area contributed by atoms with Crippen molar-refractivity contribution in [1.82, 2.24) is 0 Å². The summed E-state index contributed by atoms with van der Waals surface area (Å²) in [5.41, 5.74) is 5.51. The van der Waals surface area contributed by atoms with Gasteiger partial charge in [0.1, 0.15) is 0 Å². The largest absolute Gasteiger partial charge is 0.0976 e. The number of rotatable bonds is 1. The van der Waals surface area contributed by atoms with Gasteiger partial charge in [0.25, 0.3) is 0 Å². The van der Waals surface area contributed by atoms with Gasteiger partial charge in [-0.25, -0.2) is 0 Å². The maximum atomic E-state index is 3.39. The molecule has 2 rings (SSSR count). The van der Waals surface area contributed by atoms with Gasteiger partial charge in [0.05, 0.1) is 0 Å². The van der Waals surface area contributed by atoms with Crippen molar-refractivity contribution in [3.8, 4) is 11.8 Å². The summed E-state index contributed by atoms with van der Waals surface area (Å²) in [4.78, 5) is 0. The Labute approximate surface area is 112 Å². The van der Waals surface area contributed by atoms with Crippen molar-refractivity contribution in [1.29, 1.82) is 0 Å². The van der Waals surface area contributed by atoms with E-state index in [0.717, 1.165) is 12.3 Å². The minimum Gasteiger partial charge on any atom is -0.0976 e. The van der Waals surface area contributed by atoms with Crippen LogP contribution in [0, 0.1) is 31.6 Å². The standard InChI is InChI=1S/C18H24/c1-13-11-17(18(3,4)5)12-16(14(13)2)8-6-7-15-9-10-15/h11-12,15H,7,9-10H2,1-5H3. The highest BCUT2D eigenvalue weighted by molar-refractivity contribution is 5.48. The van der Waals surface area contributed by atoms with Crippen LogP contribution in [0.5, 0.6) is 0 Å². The van der Waals surface area contributed by atoms with Crippen LogP contribution < -0.4 is 0 Å². The molecule has 1 aromatic carbocycles. The van der Waals surface area contributed by atoms with E-state index in [4.69, 9.17) is 0 Å². The number of hydrogen-bond acceptors (Lipinski definition) is 0. The molecule has 0 aliphatic heterocycles. The third kappa shape index (κ3) is 3.16. The van der Waals surface area contributed by atoms with Crippen LogP contribution in [0.4, 0.5) is 0 Å². The normalized spacial score (nSPS) is 15.2. The van der Waals surface area contributed by atoms with E-state index in [9.17, 15) is 0 Å². The van der Waals surface area contributed by atoms with Gasteiger partial charge >= 0.3 is 0 Å². The highest BCUT2D eigenvalue weighted by Gasteiger charge is 2.19. The van der Waals surface area contributed by atoms with Crippen LogP contribution in [0.2, 0.25) is 0 Å².